The second-order valence-electron chi connectivity index (χ2n) is 5.63. The Morgan fingerprint density at radius 3 is 2.60 bits per heavy atom. The van der Waals surface area contributed by atoms with Gasteiger partial charge in [-0.2, -0.15) is 0 Å². The molecule has 138 valence electrons. The molecule has 0 radical (unpaired) electrons. The van der Waals surface area contributed by atoms with Gasteiger partial charge in [0.25, 0.3) is 0 Å². The first-order chi connectivity index (χ1) is 11.8. The molecule has 0 aromatic heterocycles. The van der Waals surface area contributed by atoms with Gasteiger partial charge < -0.3 is 20.3 Å². The number of piperidine rings is 1. The van der Waals surface area contributed by atoms with E-state index in [-0.39, 0.29) is 17.0 Å². The average Bonchev–Trinajstić information content (AvgIpc) is 2.55. The van der Waals surface area contributed by atoms with Gasteiger partial charge in [0, 0.05) is 24.8 Å². The molecule has 0 spiro atoms. The highest BCUT2D eigenvalue weighted by Gasteiger charge is 2.24. The van der Waals surface area contributed by atoms with Crippen molar-refractivity contribution in [3.8, 4) is 0 Å². The van der Waals surface area contributed by atoms with Crippen molar-refractivity contribution in [2.75, 3.05) is 25.0 Å². The van der Waals surface area contributed by atoms with E-state index in [1.54, 1.807) is 17.9 Å². The first-order valence-corrected chi connectivity index (χ1v) is 9.46. The van der Waals surface area contributed by atoms with Crippen LogP contribution in [0.4, 0.5) is 15.3 Å². The summed E-state index contributed by atoms with van der Waals surface area (Å²) >= 11 is 0. The van der Waals surface area contributed by atoms with Crippen LogP contribution in [0.1, 0.15) is 19.8 Å². The van der Waals surface area contributed by atoms with Gasteiger partial charge in [-0.15, -0.1) is 0 Å². The molecule has 0 unspecified atom stereocenters. The van der Waals surface area contributed by atoms with Crippen LogP contribution in [0.25, 0.3) is 0 Å². The molecule has 1 heterocycles. The van der Waals surface area contributed by atoms with Crippen LogP contribution in [0.15, 0.2) is 29.2 Å². The number of nitrogens with zero attached hydrogens (tertiary/aromatic N) is 1. The first-order valence-electron chi connectivity index (χ1n) is 7.91. The Kier molecular flexibility index (Phi) is 6.21. The predicted octanol–water partition coefficient (Wildman–Crippen LogP) is 1.08. The van der Waals surface area contributed by atoms with Crippen LogP contribution in [0.2, 0.25) is 0 Å². The Labute approximate surface area is 146 Å². The lowest BCUT2D eigenvalue weighted by Crippen LogP contribution is -2.47. The Morgan fingerprint density at radius 2 is 2.00 bits per heavy atom. The fourth-order valence-electron chi connectivity index (χ4n) is 2.52. The lowest BCUT2D eigenvalue weighted by atomic mass is 10.1. The number of nitrogens with two attached hydrogens (primary N) is 1. The molecule has 1 fully saturated rings. The number of carbonyl (C=O) groups is 2. The van der Waals surface area contributed by atoms with Crippen molar-refractivity contribution >= 4 is 27.8 Å². The molecule has 1 aliphatic heterocycles. The van der Waals surface area contributed by atoms with Gasteiger partial charge >= 0.3 is 12.1 Å². The van der Waals surface area contributed by atoms with E-state index in [9.17, 15) is 18.0 Å². The maximum Gasteiger partial charge on any atom is 0.409 e. The monoisotopic (exact) mass is 370 g/mol. The number of rotatable bonds is 4. The fraction of sp³-hybridized carbons (Fsp3) is 0.467. The number of sulfonamides is 1. The third kappa shape index (κ3) is 5.61. The summed E-state index contributed by atoms with van der Waals surface area (Å²) in [7, 11) is -3.83. The number of amides is 3. The molecule has 0 atom stereocenters. The van der Waals surface area contributed by atoms with Crippen molar-refractivity contribution in [3.05, 3.63) is 24.3 Å². The molecule has 2 rings (SSSR count). The maximum atomic E-state index is 12.1. The third-order valence-electron chi connectivity index (χ3n) is 3.78. The standard InChI is InChI=1S/C15H22N4O5S/c1-2-24-15(21)19-8-6-11(7-9-19)17-14(20)18-12-4-3-5-13(10-12)25(16,22)23/h3-5,10-11H,2,6-9H2,1H3,(H2,16,22,23)(H2,17,18,20). The SMILES string of the molecule is CCOC(=O)N1CCC(NC(=O)Nc2cccc(S(N)(=O)=O)c2)CC1. The highest BCUT2D eigenvalue weighted by atomic mass is 32.2. The summed E-state index contributed by atoms with van der Waals surface area (Å²) < 4.78 is 27.6. The van der Waals surface area contributed by atoms with Crippen molar-refractivity contribution in [1.29, 1.82) is 0 Å². The second kappa shape index (κ2) is 8.17. The van der Waals surface area contributed by atoms with E-state index >= 15 is 0 Å². The van der Waals surface area contributed by atoms with Crippen LogP contribution in [0.3, 0.4) is 0 Å². The number of primary sulfonamides is 1. The molecule has 0 aliphatic carbocycles. The van der Waals surface area contributed by atoms with E-state index in [1.807, 2.05) is 0 Å². The van der Waals surface area contributed by atoms with Gasteiger partial charge in [0.2, 0.25) is 10.0 Å². The van der Waals surface area contributed by atoms with E-state index in [0.717, 1.165) is 0 Å². The third-order valence-corrected chi connectivity index (χ3v) is 4.69. The second-order valence-corrected chi connectivity index (χ2v) is 7.19. The topological polar surface area (TPSA) is 131 Å². The zero-order valence-electron chi connectivity index (χ0n) is 13.9. The van der Waals surface area contributed by atoms with Crippen molar-refractivity contribution in [1.82, 2.24) is 10.2 Å². The number of likely N-dealkylation sites (tertiary alicyclic amines) is 1. The molecular weight excluding hydrogens is 348 g/mol. The number of hydrogen-bond donors (Lipinski definition) is 3. The largest absolute Gasteiger partial charge is 0.450 e. The maximum absolute atomic E-state index is 12.1. The molecule has 0 bridgehead atoms. The van der Waals surface area contributed by atoms with Gasteiger partial charge in [-0.3, -0.25) is 0 Å². The number of carbonyl (C=O) groups excluding carboxylic acids is 2. The van der Waals surface area contributed by atoms with Gasteiger partial charge in [-0.05, 0) is 38.0 Å². The van der Waals surface area contributed by atoms with Crippen LogP contribution >= 0.6 is 0 Å². The molecular formula is C15H22N4O5S. The van der Waals surface area contributed by atoms with Gasteiger partial charge in [-0.1, -0.05) is 6.07 Å². The number of benzene rings is 1. The number of urea groups is 1. The van der Waals surface area contributed by atoms with Crippen LogP contribution in [-0.4, -0.2) is 51.2 Å². The van der Waals surface area contributed by atoms with E-state index < -0.39 is 16.1 Å². The van der Waals surface area contributed by atoms with Gasteiger partial charge in [0.05, 0.1) is 11.5 Å². The minimum Gasteiger partial charge on any atom is -0.450 e. The molecule has 1 aromatic carbocycles. The van der Waals surface area contributed by atoms with E-state index in [4.69, 9.17) is 9.88 Å². The summed E-state index contributed by atoms with van der Waals surface area (Å²) in [6.45, 7) is 3.09. The molecule has 1 aromatic rings. The van der Waals surface area contributed by atoms with E-state index in [1.165, 1.54) is 18.2 Å². The van der Waals surface area contributed by atoms with Crippen LogP contribution in [0, 0.1) is 0 Å². The van der Waals surface area contributed by atoms with Crippen molar-refractivity contribution < 1.29 is 22.7 Å². The van der Waals surface area contributed by atoms with Gasteiger partial charge in [0.1, 0.15) is 0 Å². The minimum absolute atomic E-state index is 0.0759. The quantitative estimate of drug-likeness (QED) is 0.730. The van der Waals surface area contributed by atoms with Gasteiger partial charge in [-0.25, -0.2) is 23.1 Å². The highest BCUT2D eigenvalue weighted by Crippen LogP contribution is 2.15. The first kappa shape index (κ1) is 19.0. The molecule has 0 saturated carbocycles. The number of nitrogens with one attached hydrogen (secondary N) is 2. The van der Waals surface area contributed by atoms with Crippen molar-refractivity contribution in [2.24, 2.45) is 5.14 Å². The Morgan fingerprint density at radius 1 is 1.32 bits per heavy atom. The average molecular weight is 370 g/mol. The Balaban J connectivity index is 1.85. The van der Waals surface area contributed by atoms with Gasteiger partial charge in [0.15, 0.2) is 0 Å². The minimum atomic E-state index is -3.83. The summed E-state index contributed by atoms with van der Waals surface area (Å²) in [6, 6.07) is 5.18. The normalized spacial score (nSPS) is 15.5. The summed E-state index contributed by atoms with van der Waals surface area (Å²) in [5.41, 5.74) is 0.327. The summed E-state index contributed by atoms with van der Waals surface area (Å²) in [4.78, 5) is 25.2. The van der Waals surface area contributed by atoms with Crippen LogP contribution in [-0.2, 0) is 14.8 Å². The number of hydrogen-bond acceptors (Lipinski definition) is 5. The Bertz CT molecular complexity index is 729. The summed E-state index contributed by atoms with van der Waals surface area (Å²) in [6.07, 6.45) is 0.887. The molecule has 9 nitrogen and oxygen atoms in total. The lowest BCUT2D eigenvalue weighted by Gasteiger charge is -2.31. The molecule has 10 heteroatoms. The fourth-order valence-corrected chi connectivity index (χ4v) is 3.08. The molecule has 3 amide bonds. The summed E-state index contributed by atoms with van der Waals surface area (Å²) in [5.74, 6) is 0. The predicted molar refractivity (Wildman–Crippen MR) is 91.6 cm³/mol. The highest BCUT2D eigenvalue weighted by molar-refractivity contribution is 7.89. The van der Waals surface area contributed by atoms with Crippen molar-refractivity contribution in [2.45, 2.75) is 30.7 Å². The van der Waals surface area contributed by atoms with Crippen molar-refractivity contribution in [3.63, 3.8) is 0 Å². The molecule has 4 N–H and O–H groups in total. The lowest BCUT2D eigenvalue weighted by molar-refractivity contribution is 0.0959. The zero-order valence-corrected chi connectivity index (χ0v) is 14.7. The molecule has 1 aliphatic rings. The number of ether oxygens (including phenoxy) is 1. The number of anilines is 1. The van der Waals surface area contributed by atoms with E-state index in [0.29, 0.717) is 38.2 Å². The smallest absolute Gasteiger partial charge is 0.409 e. The molecule has 1 saturated heterocycles. The van der Waals surface area contributed by atoms with Crippen LogP contribution < -0.4 is 15.8 Å². The summed E-state index contributed by atoms with van der Waals surface area (Å²) in [5, 5.41) is 10.5. The molecule has 25 heavy (non-hydrogen) atoms. The zero-order chi connectivity index (χ0) is 18.4. The van der Waals surface area contributed by atoms with E-state index in [2.05, 4.69) is 10.6 Å². The van der Waals surface area contributed by atoms with Crippen LogP contribution in [0.5, 0.6) is 0 Å². The Hall–Kier alpha value is -2.33.